The summed E-state index contributed by atoms with van der Waals surface area (Å²) in [6.07, 6.45) is 3.37. The number of halogens is 1. The van der Waals surface area contributed by atoms with Crippen molar-refractivity contribution in [1.82, 2.24) is 15.2 Å². The summed E-state index contributed by atoms with van der Waals surface area (Å²) in [6.45, 7) is 3.91. The zero-order valence-electron chi connectivity index (χ0n) is 13.7. The lowest BCUT2D eigenvalue weighted by molar-refractivity contribution is -0.139. The van der Waals surface area contributed by atoms with Crippen molar-refractivity contribution in [2.75, 3.05) is 0 Å². The average Bonchev–Trinajstić information content (AvgIpc) is 2.59. The molecule has 1 heterocycles. The van der Waals surface area contributed by atoms with Crippen LogP contribution in [0.4, 0.5) is 0 Å². The average molecular weight is 346 g/mol. The molecule has 1 unspecified atom stereocenters. The van der Waals surface area contributed by atoms with Crippen LogP contribution in [0, 0.1) is 0 Å². The fraction of sp³-hybridized carbons (Fsp3) is 0.278. The van der Waals surface area contributed by atoms with Gasteiger partial charge < -0.3 is 10.2 Å². The zero-order valence-corrected chi connectivity index (χ0v) is 14.5. The summed E-state index contributed by atoms with van der Waals surface area (Å²) >= 11 is 5.87. The van der Waals surface area contributed by atoms with E-state index in [0.717, 1.165) is 11.1 Å². The molecule has 5 nitrogen and oxygen atoms in total. The molecule has 0 saturated heterocycles. The van der Waals surface area contributed by atoms with Crippen LogP contribution in [0.1, 0.15) is 25.0 Å². The quantitative estimate of drug-likeness (QED) is 0.875. The first-order valence-corrected chi connectivity index (χ1v) is 8.03. The molecule has 0 spiro atoms. The van der Waals surface area contributed by atoms with Crippen molar-refractivity contribution in [1.29, 1.82) is 0 Å². The normalized spacial score (nSPS) is 11.6. The van der Waals surface area contributed by atoms with Gasteiger partial charge in [0.1, 0.15) is 6.04 Å². The summed E-state index contributed by atoms with van der Waals surface area (Å²) < 4.78 is 0. The second-order valence-corrected chi connectivity index (χ2v) is 5.96. The van der Waals surface area contributed by atoms with E-state index in [0.29, 0.717) is 18.1 Å². The van der Waals surface area contributed by atoms with Crippen molar-refractivity contribution in [3.63, 3.8) is 0 Å². The molecule has 2 rings (SSSR count). The predicted molar refractivity (Wildman–Crippen MR) is 93.2 cm³/mol. The molecule has 0 aliphatic rings. The van der Waals surface area contributed by atoms with Crippen LogP contribution in [-0.2, 0) is 22.7 Å². The molecule has 126 valence electrons. The molecule has 1 aromatic carbocycles. The highest BCUT2D eigenvalue weighted by atomic mass is 35.5. The number of carbonyl (C=O) groups is 2. The van der Waals surface area contributed by atoms with Crippen LogP contribution in [0.2, 0.25) is 5.02 Å². The molecule has 1 atom stereocenters. The minimum Gasteiger partial charge on any atom is -0.350 e. The Labute approximate surface area is 146 Å². The van der Waals surface area contributed by atoms with Gasteiger partial charge in [0.05, 0.1) is 0 Å². The summed E-state index contributed by atoms with van der Waals surface area (Å²) in [5.41, 5.74) is 1.83. The van der Waals surface area contributed by atoms with Gasteiger partial charge >= 0.3 is 0 Å². The Kier molecular flexibility index (Phi) is 6.32. The minimum atomic E-state index is -0.574. The summed E-state index contributed by atoms with van der Waals surface area (Å²) in [4.78, 5) is 29.8. The number of hydrogen-bond donors (Lipinski definition) is 1. The van der Waals surface area contributed by atoms with Crippen LogP contribution in [0.25, 0.3) is 0 Å². The maximum atomic E-state index is 12.4. The van der Waals surface area contributed by atoms with Gasteiger partial charge in [-0.3, -0.25) is 14.6 Å². The second-order valence-electron chi connectivity index (χ2n) is 5.53. The highest BCUT2D eigenvalue weighted by Gasteiger charge is 2.23. The SMILES string of the molecule is CC(=O)N(Cc1ccc(Cl)cc1)C(C)C(=O)NCc1cccnc1. The largest absolute Gasteiger partial charge is 0.350 e. The number of pyridine rings is 1. The molecule has 0 aliphatic carbocycles. The van der Waals surface area contributed by atoms with Gasteiger partial charge in [-0.1, -0.05) is 29.8 Å². The van der Waals surface area contributed by atoms with E-state index in [4.69, 9.17) is 11.6 Å². The zero-order chi connectivity index (χ0) is 17.5. The van der Waals surface area contributed by atoms with Crippen molar-refractivity contribution in [2.24, 2.45) is 0 Å². The van der Waals surface area contributed by atoms with E-state index in [1.54, 1.807) is 31.5 Å². The van der Waals surface area contributed by atoms with Crippen LogP contribution < -0.4 is 5.32 Å². The molecule has 0 fully saturated rings. The molecular weight excluding hydrogens is 326 g/mol. The van der Waals surface area contributed by atoms with Crippen molar-refractivity contribution < 1.29 is 9.59 Å². The van der Waals surface area contributed by atoms with Crippen LogP contribution in [0.3, 0.4) is 0 Å². The van der Waals surface area contributed by atoms with E-state index >= 15 is 0 Å². The van der Waals surface area contributed by atoms with E-state index in [1.807, 2.05) is 24.3 Å². The third-order valence-corrected chi connectivity index (χ3v) is 3.96. The fourth-order valence-electron chi connectivity index (χ4n) is 2.29. The molecule has 0 bridgehead atoms. The number of hydrogen-bond acceptors (Lipinski definition) is 3. The number of carbonyl (C=O) groups excluding carboxylic acids is 2. The summed E-state index contributed by atoms with van der Waals surface area (Å²) in [5.74, 6) is -0.364. The summed E-state index contributed by atoms with van der Waals surface area (Å²) in [5, 5.41) is 3.47. The smallest absolute Gasteiger partial charge is 0.242 e. The molecule has 24 heavy (non-hydrogen) atoms. The van der Waals surface area contributed by atoms with E-state index in [2.05, 4.69) is 10.3 Å². The molecule has 2 aromatic rings. The molecule has 2 amide bonds. The highest BCUT2D eigenvalue weighted by Crippen LogP contribution is 2.13. The van der Waals surface area contributed by atoms with Gasteiger partial charge in [0.2, 0.25) is 11.8 Å². The first-order chi connectivity index (χ1) is 11.5. The standard InChI is InChI=1S/C18H20ClN3O2/c1-13(18(24)21-11-16-4-3-9-20-10-16)22(14(2)23)12-15-5-7-17(19)8-6-15/h3-10,13H,11-12H2,1-2H3,(H,21,24). The van der Waals surface area contributed by atoms with E-state index in [9.17, 15) is 9.59 Å². The van der Waals surface area contributed by atoms with Crippen molar-refractivity contribution in [2.45, 2.75) is 33.0 Å². The van der Waals surface area contributed by atoms with Gasteiger partial charge in [-0.2, -0.15) is 0 Å². The van der Waals surface area contributed by atoms with Gasteiger partial charge in [-0.25, -0.2) is 0 Å². The molecule has 1 N–H and O–H groups in total. The Morgan fingerprint density at radius 3 is 2.50 bits per heavy atom. The van der Waals surface area contributed by atoms with E-state index in [-0.39, 0.29) is 11.8 Å². The van der Waals surface area contributed by atoms with E-state index < -0.39 is 6.04 Å². The lowest BCUT2D eigenvalue weighted by atomic mass is 10.1. The maximum absolute atomic E-state index is 12.4. The Morgan fingerprint density at radius 2 is 1.92 bits per heavy atom. The topological polar surface area (TPSA) is 62.3 Å². The third-order valence-electron chi connectivity index (χ3n) is 3.71. The summed E-state index contributed by atoms with van der Waals surface area (Å²) in [7, 11) is 0. The molecule has 1 aromatic heterocycles. The third kappa shape index (κ3) is 5.06. The van der Waals surface area contributed by atoms with Gasteiger partial charge in [0.15, 0.2) is 0 Å². The van der Waals surface area contributed by atoms with Gasteiger partial charge in [-0.05, 0) is 36.2 Å². The predicted octanol–water partition coefficient (Wildman–Crippen LogP) is 2.79. The lowest BCUT2D eigenvalue weighted by Gasteiger charge is -2.27. The lowest BCUT2D eigenvalue weighted by Crippen LogP contribution is -2.46. The number of benzene rings is 1. The van der Waals surface area contributed by atoms with Crippen LogP contribution in [0.15, 0.2) is 48.8 Å². The first kappa shape index (κ1) is 17.9. The molecule has 0 saturated carbocycles. The molecule has 0 radical (unpaired) electrons. The number of nitrogens with one attached hydrogen (secondary N) is 1. The Balaban J connectivity index is 1.99. The van der Waals surface area contributed by atoms with Crippen molar-refractivity contribution in [3.05, 3.63) is 64.9 Å². The Hall–Kier alpha value is -2.40. The van der Waals surface area contributed by atoms with Crippen LogP contribution >= 0.6 is 11.6 Å². The second kappa shape index (κ2) is 8.45. The molecule has 0 aliphatic heterocycles. The maximum Gasteiger partial charge on any atom is 0.242 e. The van der Waals surface area contributed by atoms with Crippen LogP contribution in [0.5, 0.6) is 0 Å². The minimum absolute atomic E-state index is 0.158. The first-order valence-electron chi connectivity index (χ1n) is 7.65. The monoisotopic (exact) mass is 345 g/mol. The van der Waals surface area contributed by atoms with Gasteiger partial charge in [0, 0.05) is 37.4 Å². The molecular formula is C18H20ClN3O2. The Morgan fingerprint density at radius 1 is 1.21 bits per heavy atom. The van der Waals surface area contributed by atoms with Gasteiger partial charge in [-0.15, -0.1) is 0 Å². The summed E-state index contributed by atoms with van der Waals surface area (Å²) in [6, 6.07) is 10.3. The number of amides is 2. The Bertz CT molecular complexity index is 689. The number of aromatic nitrogens is 1. The van der Waals surface area contributed by atoms with Gasteiger partial charge in [0.25, 0.3) is 0 Å². The number of rotatable bonds is 6. The highest BCUT2D eigenvalue weighted by molar-refractivity contribution is 6.30. The van der Waals surface area contributed by atoms with Crippen LogP contribution in [-0.4, -0.2) is 27.7 Å². The molecule has 6 heteroatoms. The van der Waals surface area contributed by atoms with Crippen molar-refractivity contribution >= 4 is 23.4 Å². The fourth-order valence-corrected chi connectivity index (χ4v) is 2.41. The number of nitrogens with zero attached hydrogens (tertiary/aromatic N) is 2. The van der Waals surface area contributed by atoms with E-state index in [1.165, 1.54) is 11.8 Å². The van der Waals surface area contributed by atoms with Crippen molar-refractivity contribution in [3.8, 4) is 0 Å².